The van der Waals surface area contributed by atoms with E-state index in [9.17, 15) is 0 Å². The number of rotatable bonds is 0. The molecule has 4 aromatic carbocycles. The summed E-state index contributed by atoms with van der Waals surface area (Å²) in [6.07, 6.45) is 1.06. The summed E-state index contributed by atoms with van der Waals surface area (Å²) >= 11 is 0. The Hall–Kier alpha value is -2.60. The standard InChI is InChI=1S/C22H16/c1-14-10-17-8-4-5-9-19(17)22-20(14)13-18-11-15-6-2-3-7-16(15)12-21(18)22/h2-12H,13H2,1H3. The minimum absolute atomic E-state index is 1.06. The number of aryl methyl sites for hydroxylation is 1. The fourth-order valence-corrected chi connectivity index (χ4v) is 3.92. The third-order valence-corrected chi connectivity index (χ3v) is 4.99. The average Bonchev–Trinajstić information content (AvgIpc) is 2.92. The minimum atomic E-state index is 1.06. The van der Waals surface area contributed by atoms with E-state index >= 15 is 0 Å². The van der Waals surface area contributed by atoms with Crippen LogP contribution in [0.2, 0.25) is 0 Å². The van der Waals surface area contributed by atoms with E-state index in [4.69, 9.17) is 0 Å². The van der Waals surface area contributed by atoms with E-state index in [1.807, 2.05) is 0 Å². The lowest BCUT2D eigenvalue weighted by atomic mass is 9.94. The van der Waals surface area contributed by atoms with Gasteiger partial charge in [-0.1, -0.05) is 60.7 Å². The van der Waals surface area contributed by atoms with Gasteiger partial charge in [0.15, 0.2) is 0 Å². The first kappa shape index (κ1) is 12.0. The van der Waals surface area contributed by atoms with Crippen LogP contribution in [0.3, 0.4) is 0 Å². The van der Waals surface area contributed by atoms with Crippen molar-refractivity contribution in [2.24, 2.45) is 0 Å². The van der Waals surface area contributed by atoms with Crippen LogP contribution in [0.4, 0.5) is 0 Å². The number of hydrogen-bond donors (Lipinski definition) is 0. The van der Waals surface area contributed by atoms with Crippen molar-refractivity contribution in [1.82, 2.24) is 0 Å². The maximum Gasteiger partial charge on any atom is -0.00104 e. The summed E-state index contributed by atoms with van der Waals surface area (Å²) in [5.74, 6) is 0. The van der Waals surface area contributed by atoms with E-state index in [0.29, 0.717) is 0 Å². The molecular formula is C22H16. The molecule has 104 valence electrons. The van der Waals surface area contributed by atoms with Crippen LogP contribution in [0.25, 0.3) is 32.7 Å². The quantitative estimate of drug-likeness (QED) is 0.332. The summed E-state index contributed by atoms with van der Waals surface area (Å²) in [6, 6.07) is 24.5. The second kappa shape index (κ2) is 4.20. The zero-order chi connectivity index (χ0) is 14.7. The van der Waals surface area contributed by atoms with Crippen molar-refractivity contribution in [2.75, 3.05) is 0 Å². The fourth-order valence-electron chi connectivity index (χ4n) is 3.92. The zero-order valence-corrected chi connectivity index (χ0v) is 12.6. The maximum atomic E-state index is 2.38. The monoisotopic (exact) mass is 280 g/mol. The van der Waals surface area contributed by atoms with E-state index < -0.39 is 0 Å². The molecule has 0 N–H and O–H groups in total. The van der Waals surface area contributed by atoms with Crippen molar-refractivity contribution >= 4 is 21.5 Å². The van der Waals surface area contributed by atoms with E-state index in [1.54, 1.807) is 0 Å². The molecule has 0 saturated carbocycles. The molecule has 0 nitrogen and oxygen atoms in total. The first-order valence-electron chi connectivity index (χ1n) is 7.84. The first-order valence-corrected chi connectivity index (χ1v) is 7.84. The molecule has 0 saturated heterocycles. The molecule has 0 aromatic heterocycles. The maximum absolute atomic E-state index is 2.38. The van der Waals surface area contributed by atoms with Gasteiger partial charge < -0.3 is 0 Å². The van der Waals surface area contributed by atoms with E-state index in [-0.39, 0.29) is 0 Å². The van der Waals surface area contributed by atoms with Gasteiger partial charge in [0.2, 0.25) is 0 Å². The van der Waals surface area contributed by atoms with Crippen molar-refractivity contribution < 1.29 is 0 Å². The molecule has 0 spiro atoms. The SMILES string of the molecule is Cc1cc2ccccc2c2c1Cc1cc3ccccc3cc1-2. The predicted octanol–water partition coefficient (Wildman–Crippen LogP) is 5.87. The molecule has 1 aliphatic rings. The topological polar surface area (TPSA) is 0 Å². The summed E-state index contributed by atoms with van der Waals surface area (Å²) < 4.78 is 0. The molecular weight excluding hydrogens is 264 g/mol. The molecule has 0 fully saturated rings. The fraction of sp³-hybridized carbons (Fsp3) is 0.0909. The van der Waals surface area contributed by atoms with Gasteiger partial charge in [0.25, 0.3) is 0 Å². The Kier molecular flexibility index (Phi) is 2.29. The smallest absolute Gasteiger partial charge is 0.00104 e. The molecule has 22 heavy (non-hydrogen) atoms. The molecule has 0 atom stereocenters. The van der Waals surface area contributed by atoms with E-state index in [2.05, 4.69) is 73.7 Å². The lowest BCUT2D eigenvalue weighted by molar-refractivity contribution is 1.23. The summed E-state index contributed by atoms with van der Waals surface area (Å²) in [5, 5.41) is 5.41. The predicted molar refractivity (Wildman–Crippen MR) is 94.4 cm³/mol. The zero-order valence-electron chi connectivity index (χ0n) is 12.6. The Morgan fingerprint density at radius 2 is 1.41 bits per heavy atom. The van der Waals surface area contributed by atoms with Gasteiger partial charge in [-0.2, -0.15) is 0 Å². The van der Waals surface area contributed by atoms with Crippen LogP contribution in [-0.4, -0.2) is 0 Å². The second-order valence-corrected chi connectivity index (χ2v) is 6.30. The van der Waals surface area contributed by atoms with Crippen LogP contribution in [0, 0.1) is 6.92 Å². The molecule has 5 rings (SSSR count). The highest BCUT2D eigenvalue weighted by Crippen LogP contribution is 2.44. The highest BCUT2D eigenvalue weighted by atomic mass is 14.3. The van der Waals surface area contributed by atoms with Gasteiger partial charge in [0.05, 0.1) is 0 Å². The molecule has 0 heterocycles. The van der Waals surface area contributed by atoms with Gasteiger partial charge in [-0.3, -0.25) is 0 Å². The molecule has 1 aliphatic carbocycles. The van der Waals surface area contributed by atoms with Crippen LogP contribution in [0.1, 0.15) is 16.7 Å². The van der Waals surface area contributed by atoms with Crippen LogP contribution in [-0.2, 0) is 6.42 Å². The lowest BCUT2D eigenvalue weighted by Crippen LogP contribution is -1.88. The highest BCUT2D eigenvalue weighted by molar-refractivity contribution is 6.04. The van der Waals surface area contributed by atoms with Gasteiger partial charge >= 0.3 is 0 Å². The van der Waals surface area contributed by atoms with Crippen LogP contribution < -0.4 is 0 Å². The average molecular weight is 280 g/mol. The molecule has 0 aliphatic heterocycles. The van der Waals surface area contributed by atoms with Crippen LogP contribution >= 0.6 is 0 Å². The molecule has 0 bridgehead atoms. The summed E-state index contributed by atoms with van der Waals surface area (Å²) in [5.41, 5.74) is 7.26. The van der Waals surface area contributed by atoms with E-state index in [0.717, 1.165) is 6.42 Å². The van der Waals surface area contributed by atoms with Gasteiger partial charge in [-0.15, -0.1) is 0 Å². The Labute approximate surface area is 130 Å². The van der Waals surface area contributed by atoms with Crippen molar-refractivity contribution in [3.05, 3.63) is 83.4 Å². The highest BCUT2D eigenvalue weighted by Gasteiger charge is 2.23. The number of benzene rings is 4. The minimum Gasteiger partial charge on any atom is -0.0616 e. The summed E-state index contributed by atoms with van der Waals surface area (Å²) in [6.45, 7) is 2.25. The van der Waals surface area contributed by atoms with Gasteiger partial charge in [0.1, 0.15) is 0 Å². The Bertz CT molecular complexity index is 1050. The molecule has 0 radical (unpaired) electrons. The third-order valence-electron chi connectivity index (χ3n) is 4.99. The van der Waals surface area contributed by atoms with Crippen molar-refractivity contribution in [2.45, 2.75) is 13.3 Å². The second-order valence-electron chi connectivity index (χ2n) is 6.30. The van der Waals surface area contributed by atoms with Crippen molar-refractivity contribution in [3.8, 4) is 11.1 Å². The normalized spacial score (nSPS) is 12.6. The number of hydrogen-bond acceptors (Lipinski definition) is 0. The summed E-state index contributed by atoms with van der Waals surface area (Å²) in [4.78, 5) is 0. The van der Waals surface area contributed by atoms with Crippen molar-refractivity contribution in [3.63, 3.8) is 0 Å². The van der Waals surface area contributed by atoms with Gasteiger partial charge in [0, 0.05) is 0 Å². The molecule has 0 amide bonds. The van der Waals surface area contributed by atoms with Crippen LogP contribution in [0.5, 0.6) is 0 Å². The lowest BCUT2D eigenvalue weighted by Gasteiger charge is -2.10. The van der Waals surface area contributed by atoms with Crippen LogP contribution in [0.15, 0.2) is 66.7 Å². The number of fused-ring (bicyclic) bond motifs is 6. The largest absolute Gasteiger partial charge is 0.0616 e. The molecule has 4 aromatic rings. The first-order chi connectivity index (χ1) is 10.8. The Balaban J connectivity index is 1.94. The van der Waals surface area contributed by atoms with Gasteiger partial charge in [-0.05, 0) is 68.8 Å². The molecule has 0 heteroatoms. The molecule has 0 unspecified atom stereocenters. The van der Waals surface area contributed by atoms with Gasteiger partial charge in [-0.25, -0.2) is 0 Å². The van der Waals surface area contributed by atoms with E-state index in [1.165, 1.54) is 49.4 Å². The third kappa shape index (κ3) is 1.52. The van der Waals surface area contributed by atoms with Crippen molar-refractivity contribution in [1.29, 1.82) is 0 Å². The Morgan fingerprint density at radius 1 is 0.727 bits per heavy atom. The Morgan fingerprint density at radius 3 is 2.23 bits per heavy atom. The summed E-state index contributed by atoms with van der Waals surface area (Å²) in [7, 11) is 0.